The van der Waals surface area contributed by atoms with Gasteiger partial charge in [-0.05, 0) is 31.9 Å². The Morgan fingerprint density at radius 3 is 2.74 bits per heavy atom. The fourth-order valence-electron chi connectivity index (χ4n) is 2.05. The first-order valence-corrected chi connectivity index (χ1v) is 6.85. The highest BCUT2D eigenvalue weighted by molar-refractivity contribution is 5.76. The van der Waals surface area contributed by atoms with Gasteiger partial charge in [-0.3, -0.25) is 4.79 Å². The first-order valence-electron chi connectivity index (χ1n) is 6.85. The van der Waals surface area contributed by atoms with E-state index >= 15 is 0 Å². The van der Waals surface area contributed by atoms with Crippen LogP contribution < -0.4 is 15.8 Å². The summed E-state index contributed by atoms with van der Waals surface area (Å²) in [5.74, 6) is 0.891. The molecule has 0 fully saturated rings. The van der Waals surface area contributed by atoms with Gasteiger partial charge in [0, 0.05) is 12.0 Å². The molecule has 1 rings (SSSR count). The zero-order chi connectivity index (χ0) is 14.1. The lowest BCUT2D eigenvalue weighted by Gasteiger charge is -2.20. The Morgan fingerprint density at radius 2 is 2.11 bits per heavy atom. The van der Waals surface area contributed by atoms with Crippen molar-refractivity contribution in [3.8, 4) is 5.75 Å². The molecule has 0 aliphatic rings. The lowest BCUT2D eigenvalue weighted by molar-refractivity contribution is -0.122. The van der Waals surface area contributed by atoms with Gasteiger partial charge in [0.2, 0.25) is 5.91 Å². The van der Waals surface area contributed by atoms with Gasteiger partial charge in [-0.15, -0.1) is 0 Å². The fraction of sp³-hybridized carbons (Fsp3) is 0.533. The Hall–Kier alpha value is -1.55. The van der Waals surface area contributed by atoms with E-state index in [9.17, 15) is 4.79 Å². The van der Waals surface area contributed by atoms with Crippen molar-refractivity contribution in [2.24, 2.45) is 5.73 Å². The lowest BCUT2D eigenvalue weighted by atomic mass is 10.0. The highest BCUT2D eigenvalue weighted by Gasteiger charge is 2.15. The van der Waals surface area contributed by atoms with Crippen LogP contribution in [0.2, 0.25) is 0 Å². The number of ether oxygens (including phenoxy) is 1. The third-order valence-corrected chi connectivity index (χ3v) is 3.12. The number of hydrogen-bond acceptors (Lipinski definition) is 3. The Labute approximate surface area is 115 Å². The summed E-state index contributed by atoms with van der Waals surface area (Å²) in [6.45, 7) is 2.69. The maximum Gasteiger partial charge on any atom is 0.220 e. The largest absolute Gasteiger partial charge is 0.496 e. The molecule has 0 aliphatic carbocycles. The predicted molar refractivity (Wildman–Crippen MR) is 77.1 cm³/mol. The maximum absolute atomic E-state index is 11.9. The first kappa shape index (κ1) is 15.5. The second kappa shape index (κ2) is 8.53. The molecule has 0 saturated heterocycles. The van der Waals surface area contributed by atoms with E-state index in [1.165, 1.54) is 0 Å². The smallest absolute Gasteiger partial charge is 0.220 e. The minimum atomic E-state index is 0.00141. The van der Waals surface area contributed by atoms with Crippen molar-refractivity contribution in [2.45, 2.75) is 38.6 Å². The Bertz CT molecular complexity index is 393. The average molecular weight is 264 g/mol. The summed E-state index contributed by atoms with van der Waals surface area (Å²) < 4.78 is 5.34. The van der Waals surface area contributed by atoms with Crippen LogP contribution in [0.3, 0.4) is 0 Å². The molecule has 1 unspecified atom stereocenters. The van der Waals surface area contributed by atoms with Crippen LogP contribution in [0.15, 0.2) is 24.3 Å². The first-order chi connectivity index (χ1) is 9.22. The number of para-hydroxylation sites is 1. The summed E-state index contributed by atoms with van der Waals surface area (Å²) in [6.07, 6.45) is 3.09. The molecule has 0 bridgehead atoms. The van der Waals surface area contributed by atoms with Crippen LogP contribution in [-0.2, 0) is 4.79 Å². The molecule has 4 heteroatoms. The molecule has 1 atom stereocenters. The van der Waals surface area contributed by atoms with Gasteiger partial charge in [-0.25, -0.2) is 0 Å². The van der Waals surface area contributed by atoms with E-state index < -0.39 is 0 Å². The standard InChI is InChI=1S/C15H24N2O2/c1-3-13(17-15(18)10-6-7-11-16)12-8-4-5-9-14(12)19-2/h4-5,8-9,13H,3,6-7,10-11,16H2,1-2H3,(H,17,18). The van der Waals surface area contributed by atoms with E-state index in [1.807, 2.05) is 24.3 Å². The molecule has 1 aromatic rings. The number of carbonyl (C=O) groups excluding carboxylic acids is 1. The maximum atomic E-state index is 11.9. The third kappa shape index (κ3) is 4.91. The molecule has 0 spiro atoms. The van der Waals surface area contributed by atoms with Gasteiger partial charge >= 0.3 is 0 Å². The Balaban J connectivity index is 2.64. The summed E-state index contributed by atoms with van der Waals surface area (Å²) in [4.78, 5) is 11.9. The molecule has 0 radical (unpaired) electrons. The molecule has 4 nitrogen and oxygen atoms in total. The zero-order valence-electron chi connectivity index (χ0n) is 11.8. The van der Waals surface area contributed by atoms with Crippen LogP contribution in [-0.4, -0.2) is 19.6 Å². The number of benzene rings is 1. The summed E-state index contributed by atoms with van der Waals surface area (Å²) in [7, 11) is 1.65. The number of methoxy groups -OCH3 is 1. The second-order valence-electron chi connectivity index (χ2n) is 4.52. The van der Waals surface area contributed by atoms with Gasteiger partial charge in [-0.2, -0.15) is 0 Å². The van der Waals surface area contributed by atoms with Crippen molar-refractivity contribution >= 4 is 5.91 Å². The molecule has 0 aliphatic heterocycles. The SMILES string of the molecule is CCC(NC(=O)CCCCN)c1ccccc1OC. The third-order valence-electron chi connectivity index (χ3n) is 3.12. The quantitative estimate of drug-likeness (QED) is 0.709. The number of carbonyl (C=O) groups is 1. The number of amides is 1. The van der Waals surface area contributed by atoms with Gasteiger partial charge in [0.1, 0.15) is 5.75 Å². The van der Waals surface area contributed by atoms with Crippen LogP contribution in [0.4, 0.5) is 0 Å². The summed E-state index contributed by atoms with van der Waals surface area (Å²) >= 11 is 0. The average Bonchev–Trinajstić information content (AvgIpc) is 2.45. The number of nitrogens with two attached hydrogens (primary N) is 1. The van der Waals surface area contributed by atoms with Crippen LogP contribution in [0.5, 0.6) is 5.75 Å². The van der Waals surface area contributed by atoms with E-state index in [-0.39, 0.29) is 11.9 Å². The molecule has 0 aromatic heterocycles. The lowest BCUT2D eigenvalue weighted by Crippen LogP contribution is -2.28. The number of rotatable bonds is 8. The molecule has 106 valence electrons. The molecular formula is C15H24N2O2. The van der Waals surface area contributed by atoms with E-state index in [1.54, 1.807) is 7.11 Å². The molecule has 19 heavy (non-hydrogen) atoms. The Morgan fingerprint density at radius 1 is 1.37 bits per heavy atom. The molecule has 1 amide bonds. The monoisotopic (exact) mass is 264 g/mol. The number of nitrogens with one attached hydrogen (secondary N) is 1. The highest BCUT2D eigenvalue weighted by Crippen LogP contribution is 2.26. The highest BCUT2D eigenvalue weighted by atomic mass is 16.5. The van der Waals surface area contributed by atoms with Crippen LogP contribution in [0, 0.1) is 0 Å². The number of unbranched alkanes of at least 4 members (excludes halogenated alkanes) is 1. The molecule has 1 aromatic carbocycles. The summed E-state index contributed by atoms with van der Waals surface area (Å²) in [5, 5.41) is 3.06. The van der Waals surface area contributed by atoms with Crippen molar-refractivity contribution in [3.05, 3.63) is 29.8 Å². The zero-order valence-corrected chi connectivity index (χ0v) is 11.8. The van der Waals surface area contributed by atoms with Crippen LogP contribution in [0.1, 0.15) is 44.2 Å². The molecule has 3 N–H and O–H groups in total. The van der Waals surface area contributed by atoms with Crippen molar-refractivity contribution in [2.75, 3.05) is 13.7 Å². The predicted octanol–water partition coefficient (Wildman–Crippen LogP) is 2.39. The van der Waals surface area contributed by atoms with E-state index in [4.69, 9.17) is 10.5 Å². The van der Waals surface area contributed by atoms with Crippen LogP contribution >= 0.6 is 0 Å². The van der Waals surface area contributed by atoms with Gasteiger partial charge < -0.3 is 15.8 Å². The summed E-state index contributed by atoms with van der Waals surface area (Å²) in [5.41, 5.74) is 6.45. The van der Waals surface area contributed by atoms with Gasteiger partial charge in [0.15, 0.2) is 0 Å². The van der Waals surface area contributed by atoms with Crippen LogP contribution in [0.25, 0.3) is 0 Å². The van der Waals surface area contributed by atoms with Crippen molar-refractivity contribution < 1.29 is 9.53 Å². The minimum Gasteiger partial charge on any atom is -0.496 e. The van der Waals surface area contributed by atoms with Crippen molar-refractivity contribution in [1.82, 2.24) is 5.32 Å². The molecule has 0 heterocycles. The van der Waals surface area contributed by atoms with Crippen molar-refractivity contribution in [3.63, 3.8) is 0 Å². The summed E-state index contributed by atoms with van der Waals surface area (Å²) in [6, 6.07) is 7.80. The normalized spacial score (nSPS) is 11.9. The van der Waals surface area contributed by atoms with E-state index in [2.05, 4.69) is 12.2 Å². The van der Waals surface area contributed by atoms with Crippen molar-refractivity contribution in [1.29, 1.82) is 0 Å². The fourth-order valence-corrected chi connectivity index (χ4v) is 2.05. The second-order valence-corrected chi connectivity index (χ2v) is 4.52. The minimum absolute atomic E-state index is 0.00141. The van der Waals surface area contributed by atoms with Gasteiger partial charge in [0.05, 0.1) is 13.2 Å². The number of hydrogen-bond donors (Lipinski definition) is 2. The van der Waals surface area contributed by atoms with Gasteiger partial charge in [-0.1, -0.05) is 25.1 Å². The topological polar surface area (TPSA) is 64.4 Å². The van der Waals surface area contributed by atoms with E-state index in [0.29, 0.717) is 13.0 Å². The molecular weight excluding hydrogens is 240 g/mol. The van der Waals surface area contributed by atoms with Gasteiger partial charge in [0.25, 0.3) is 0 Å². The molecule has 0 saturated carbocycles. The Kier molecular flexibility index (Phi) is 6.97. The van der Waals surface area contributed by atoms with E-state index in [0.717, 1.165) is 30.6 Å².